The summed E-state index contributed by atoms with van der Waals surface area (Å²) in [6.45, 7) is 5.78. The molecule has 0 spiro atoms. The molecule has 5 heteroatoms. The zero-order valence-electron chi connectivity index (χ0n) is 13.3. The third-order valence-corrected chi connectivity index (χ3v) is 4.96. The minimum Gasteiger partial charge on any atom is -0.396 e. The van der Waals surface area contributed by atoms with Crippen molar-refractivity contribution >= 4 is 11.6 Å². The number of aliphatic hydroxyl groups excluding tert-OH is 1. The summed E-state index contributed by atoms with van der Waals surface area (Å²) in [6.07, 6.45) is 2.76. The van der Waals surface area contributed by atoms with Gasteiger partial charge in [0, 0.05) is 12.3 Å². The summed E-state index contributed by atoms with van der Waals surface area (Å²) in [5.41, 5.74) is 0.488. The van der Waals surface area contributed by atoms with Crippen LogP contribution in [0.2, 0.25) is 0 Å². The van der Waals surface area contributed by atoms with E-state index in [1.807, 2.05) is 6.92 Å². The van der Waals surface area contributed by atoms with Gasteiger partial charge in [0.1, 0.15) is 5.82 Å². The quantitative estimate of drug-likeness (QED) is 0.879. The van der Waals surface area contributed by atoms with E-state index in [-0.39, 0.29) is 29.8 Å². The van der Waals surface area contributed by atoms with Crippen LogP contribution < -0.4 is 5.32 Å². The van der Waals surface area contributed by atoms with Crippen LogP contribution in [0.3, 0.4) is 0 Å². The highest BCUT2D eigenvalue weighted by Crippen LogP contribution is 2.34. The molecule has 2 rings (SSSR count). The Morgan fingerprint density at radius 3 is 2.68 bits per heavy atom. The minimum absolute atomic E-state index is 0.00918. The van der Waals surface area contributed by atoms with E-state index in [4.69, 9.17) is 0 Å². The SMILES string of the molecule is CCC1(CO)CCN(C(C)C(=O)Nc2cccc(F)c2)CC1. The van der Waals surface area contributed by atoms with Crippen LogP contribution >= 0.6 is 0 Å². The van der Waals surface area contributed by atoms with E-state index in [1.165, 1.54) is 12.1 Å². The van der Waals surface area contributed by atoms with Crippen LogP contribution in [0.4, 0.5) is 10.1 Å². The average molecular weight is 308 g/mol. The van der Waals surface area contributed by atoms with Gasteiger partial charge < -0.3 is 10.4 Å². The van der Waals surface area contributed by atoms with Crippen molar-refractivity contribution in [3.05, 3.63) is 30.1 Å². The van der Waals surface area contributed by atoms with Crippen LogP contribution in [0.25, 0.3) is 0 Å². The van der Waals surface area contributed by atoms with Crippen molar-refractivity contribution in [2.24, 2.45) is 5.41 Å². The van der Waals surface area contributed by atoms with Gasteiger partial charge in [-0.3, -0.25) is 9.69 Å². The Morgan fingerprint density at radius 2 is 2.14 bits per heavy atom. The lowest BCUT2D eigenvalue weighted by molar-refractivity contribution is -0.121. The van der Waals surface area contributed by atoms with Gasteiger partial charge in [-0.15, -0.1) is 0 Å². The van der Waals surface area contributed by atoms with Gasteiger partial charge in [-0.2, -0.15) is 0 Å². The number of hydrogen-bond acceptors (Lipinski definition) is 3. The molecule has 2 N–H and O–H groups in total. The zero-order valence-corrected chi connectivity index (χ0v) is 13.3. The number of benzene rings is 1. The van der Waals surface area contributed by atoms with Gasteiger partial charge in [-0.05, 0) is 62.9 Å². The van der Waals surface area contributed by atoms with E-state index < -0.39 is 0 Å². The smallest absolute Gasteiger partial charge is 0.241 e. The molecule has 1 unspecified atom stereocenters. The molecule has 4 nitrogen and oxygen atoms in total. The monoisotopic (exact) mass is 308 g/mol. The highest BCUT2D eigenvalue weighted by atomic mass is 19.1. The topological polar surface area (TPSA) is 52.6 Å². The first-order valence-electron chi connectivity index (χ1n) is 7.91. The van der Waals surface area contributed by atoms with Gasteiger partial charge in [0.25, 0.3) is 0 Å². The molecule has 1 amide bonds. The van der Waals surface area contributed by atoms with E-state index in [9.17, 15) is 14.3 Å². The number of hydrogen-bond donors (Lipinski definition) is 2. The predicted octanol–water partition coefficient (Wildman–Crippen LogP) is 2.64. The van der Waals surface area contributed by atoms with Gasteiger partial charge in [0.2, 0.25) is 5.91 Å². The zero-order chi connectivity index (χ0) is 16.2. The van der Waals surface area contributed by atoms with Crippen LogP contribution in [-0.4, -0.2) is 41.7 Å². The first-order valence-corrected chi connectivity index (χ1v) is 7.91. The van der Waals surface area contributed by atoms with Crippen LogP contribution in [0, 0.1) is 11.2 Å². The fraction of sp³-hybridized carbons (Fsp3) is 0.588. The van der Waals surface area contributed by atoms with Crippen molar-refractivity contribution in [3.63, 3.8) is 0 Å². The number of likely N-dealkylation sites (tertiary alicyclic amines) is 1. The molecule has 22 heavy (non-hydrogen) atoms. The average Bonchev–Trinajstić information content (AvgIpc) is 2.54. The van der Waals surface area contributed by atoms with Crippen LogP contribution in [0.15, 0.2) is 24.3 Å². The number of aliphatic hydroxyl groups is 1. The molecule has 0 bridgehead atoms. The summed E-state index contributed by atoms with van der Waals surface area (Å²) in [6, 6.07) is 5.65. The Bertz CT molecular complexity index is 507. The summed E-state index contributed by atoms with van der Waals surface area (Å²) in [4.78, 5) is 14.4. The Kier molecular flexibility index (Phi) is 5.53. The van der Waals surface area contributed by atoms with E-state index in [2.05, 4.69) is 17.1 Å². The molecule has 1 aromatic rings. The molecule has 1 saturated heterocycles. The van der Waals surface area contributed by atoms with Crippen molar-refractivity contribution in [2.45, 2.75) is 39.2 Å². The lowest BCUT2D eigenvalue weighted by atomic mass is 9.76. The van der Waals surface area contributed by atoms with Crippen LogP contribution in [-0.2, 0) is 4.79 Å². The Labute approximate surface area is 131 Å². The van der Waals surface area contributed by atoms with Crippen LogP contribution in [0.5, 0.6) is 0 Å². The van der Waals surface area contributed by atoms with Gasteiger partial charge in [0.05, 0.1) is 6.04 Å². The molecule has 0 aliphatic carbocycles. The summed E-state index contributed by atoms with van der Waals surface area (Å²) in [7, 11) is 0. The van der Waals surface area contributed by atoms with Crippen molar-refractivity contribution in [3.8, 4) is 0 Å². The van der Waals surface area contributed by atoms with Gasteiger partial charge in [-0.25, -0.2) is 4.39 Å². The fourth-order valence-corrected chi connectivity index (χ4v) is 2.99. The molecule has 1 aliphatic rings. The second-order valence-electron chi connectivity index (χ2n) is 6.22. The van der Waals surface area contributed by atoms with Gasteiger partial charge >= 0.3 is 0 Å². The van der Waals surface area contributed by atoms with Gasteiger partial charge in [0.15, 0.2) is 0 Å². The summed E-state index contributed by atoms with van der Waals surface area (Å²) >= 11 is 0. The standard InChI is InChI=1S/C17H25FN2O2/c1-3-17(12-21)7-9-20(10-8-17)13(2)16(22)19-15-6-4-5-14(18)11-15/h4-6,11,13,21H,3,7-10,12H2,1-2H3,(H,19,22). The first-order chi connectivity index (χ1) is 10.5. The predicted molar refractivity (Wildman–Crippen MR) is 85.1 cm³/mol. The third kappa shape index (κ3) is 3.84. The molecular formula is C17H25FN2O2. The van der Waals surface area contributed by atoms with Crippen LogP contribution in [0.1, 0.15) is 33.1 Å². The van der Waals surface area contributed by atoms with Crippen molar-refractivity contribution < 1.29 is 14.3 Å². The highest BCUT2D eigenvalue weighted by Gasteiger charge is 2.35. The molecule has 1 fully saturated rings. The fourth-order valence-electron chi connectivity index (χ4n) is 2.99. The maximum Gasteiger partial charge on any atom is 0.241 e. The number of carbonyl (C=O) groups excluding carboxylic acids is 1. The summed E-state index contributed by atoms with van der Waals surface area (Å²) in [5, 5.41) is 12.3. The number of amides is 1. The maximum absolute atomic E-state index is 13.2. The number of carbonyl (C=O) groups is 1. The molecule has 0 radical (unpaired) electrons. The van der Waals surface area contributed by atoms with Gasteiger partial charge in [-0.1, -0.05) is 13.0 Å². The lowest BCUT2D eigenvalue weighted by Gasteiger charge is -2.42. The first kappa shape index (κ1) is 16.9. The van der Waals surface area contributed by atoms with E-state index >= 15 is 0 Å². The second-order valence-corrected chi connectivity index (χ2v) is 6.22. The van der Waals surface area contributed by atoms with E-state index in [1.54, 1.807) is 12.1 Å². The number of nitrogens with one attached hydrogen (secondary N) is 1. The van der Waals surface area contributed by atoms with Crippen molar-refractivity contribution in [2.75, 3.05) is 25.0 Å². The molecule has 1 heterocycles. The summed E-state index contributed by atoms with van der Waals surface area (Å²) < 4.78 is 13.2. The molecule has 1 aromatic carbocycles. The highest BCUT2D eigenvalue weighted by molar-refractivity contribution is 5.94. The summed E-state index contributed by atoms with van der Waals surface area (Å²) in [5.74, 6) is -0.488. The number of anilines is 1. The molecule has 122 valence electrons. The normalized spacial score (nSPS) is 19.6. The number of rotatable bonds is 5. The third-order valence-electron chi connectivity index (χ3n) is 4.96. The number of halogens is 1. The van der Waals surface area contributed by atoms with E-state index in [0.717, 1.165) is 32.4 Å². The lowest BCUT2D eigenvalue weighted by Crippen LogP contribution is -2.49. The Morgan fingerprint density at radius 1 is 1.45 bits per heavy atom. The number of nitrogens with zero attached hydrogens (tertiary/aromatic N) is 1. The molecule has 1 atom stereocenters. The molecule has 0 aromatic heterocycles. The number of piperidine rings is 1. The second kappa shape index (κ2) is 7.20. The maximum atomic E-state index is 13.2. The molecule has 0 saturated carbocycles. The molecule has 1 aliphatic heterocycles. The van der Waals surface area contributed by atoms with E-state index in [0.29, 0.717) is 5.69 Å². The van der Waals surface area contributed by atoms with Crippen molar-refractivity contribution in [1.82, 2.24) is 4.90 Å². The molecular weight excluding hydrogens is 283 g/mol. The Balaban J connectivity index is 1.92. The Hall–Kier alpha value is -1.46. The minimum atomic E-state index is -0.362. The largest absolute Gasteiger partial charge is 0.396 e. The van der Waals surface area contributed by atoms with Crippen molar-refractivity contribution in [1.29, 1.82) is 0 Å².